The molecule has 1 rings (SSSR count). The number of benzene rings is 1. The van der Waals surface area contributed by atoms with Crippen LogP contribution in [-0.4, -0.2) is 35.8 Å². The third-order valence-electron chi connectivity index (χ3n) is 2.84. The van der Waals surface area contributed by atoms with Gasteiger partial charge in [0.15, 0.2) is 0 Å². The van der Waals surface area contributed by atoms with Crippen molar-refractivity contribution in [3.63, 3.8) is 0 Å². The Kier molecular flexibility index (Phi) is 7.15. The molecule has 1 atom stereocenters. The van der Waals surface area contributed by atoms with Gasteiger partial charge in [-0.15, -0.1) is 0 Å². The molecule has 1 aromatic carbocycles. The Morgan fingerprint density at radius 3 is 2.25 bits per heavy atom. The molecule has 110 valence electrons. The monoisotopic (exact) mass is 295 g/mol. The van der Waals surface area contributed by atoms with E-state index in [0.29, 0.717) is 19.7 Å². The fraction of sp³-hybridized carbons (Fsp3) is 0.467. The van der Waals surface area contributed by atoms with E-state index in [-0.39, 0.29) is 11.2 Å². The highest BCUT2D eigenvalue weighted by Crippen LogP contribution is 2.32. The zero-order valence-electron chi connectivity index (χ0n) is 12.2. The maximum Gasteiger partial charge on any atom is 0.324 e. The molecular formula is C15H21NO3S. The number of ether oxygens (including phenoxy) is 1. The van der Waals surface area contributed by atoms with Crippen molar-refractivity contribution in [1.82, 2.24) is 4.90 Å². The Morgan fingerprint density at radius 2 is 1.75 bits per heavy atom. The molecule has 1 amide bonds. The number of amides is 1. The van der Waals surface area contributed by atoms with Crippen LogP contribution in [0.2, 0.25) is 0 Å². The number of nitrogens with zero attached hydrogens (tertiary/aromatic N) is 1. The van der Waals surface area contributed by atoms with Gasteiger partial charge in [0.1, 0.15) is 5.25 Å². The number of rotatable bonds is 6. The molecule has 5 heteroatoms. The Morgan fingerprint density at radius 1 is 1.15 bits per heavy atom. The maximum atomic E-state index is 12.2. The predicted octanol–water partition coefficient (Wildman–Crippen LogP) is 3.49. The first kappa shape index (κ1) is 16.6. The third-order valence-corrected chi connectivity index (χ3v) is 4.00. The van der Waals surface area contributed by atoms with Gasteiger partial charge in [0.2, 0.25) is 0 Å². The molecule has 0 aromatic heterocycles. The van der Waals surface area contributed by atoms with Crippen LogP contribution in [0.3, 0.4) is 0 Å². The highest BCUT2D eigenvalue weighted by Gasteiger charge is 2.27. The van der Waals surface area contributed by atoms with Gasteiger partial charge >= 0.3 is 5.97 Å². The first-order valence-electron chi connectivity index (χ1n) is 6.81. The normalized spacial score (nSPS) is 11.8. The lowest BCUT2D eigenvalue weighted by Crippen LogP contribution is -2.28. The molecule has 0 aliphatic heterocycles. The Hall–Kier alpha value is -1.49. The van der Waals surface area contributed by atoms with Crippen LogP contribution >= 0.6 is 11.8 Å². The number of hydrogen-bond acceptors (Lipinski definition) is 4. The summed E-state index contributed by atoms with van der Waals surface area (Å²) in [5.41, 5.74) is 0.788. The van der Waals surface area contributed by atoms with E-state index in [4.69, 9.17) is 4.74 Å². The van der Waals surface area contributed by atoms with Gasteiger partial charge < -0.3 is 9.64 Å². The molecule has 0 saturated carbocycles. The molecule has 20 heavy (non-hydrogen) atoms. The van der Waals surface area contributed by atoms with E-state index in [0.717, 1.165) is 17.3 Å². The van der Waals surface area contributed by atoms with Crippen LogP contribution in [0.1, 0.15) is 31.6 Å². The van der Waals surface area contributed by atoms with Crippen LogP contribution in [0, 0.1) is 0 Å². The maximum absolute atomic E-state index is 12.2. The topological polar surface area (TPSA) is 46.6 Å². The van der Waals surface area contributed by atoms with Crippen LogP contribution in [-0.2, 0) is 9.53 Å². The van der Waals surface area contributed by atoms with Crippen LogP contribution in [0.5, 0.6) is 0 Å². The van der Waals surface area contributed by atoms with Gasteiger partial charge in [0, 0.05) is 13.1 Å². The summed E-state index contributed by atoms with van der Waals surface area (Å²) in [6.07, 6.45) is 0. The van der Waals surface area contributed by atoms with Crippen LogP contribution < -0.4 is 0 Å². The first-order valence-corrected chi connectivity index (χ1v) is 7.69. The summed E-state index contributed by atoms with van der Waals surface area (Å²) in [5.74, 6) is -0.371. The Balaban J connectivity index is 2.89. The largest absolute Gasteiger partial charge is 0.465 e. The molecule has 1 unspecified atom stereocenters. The van der Waals surface area contributed by atoms with Gasteiger partial charge in [-0.2, -0.15) is 0 Å². The summed E-state index contributed by atoms with van der Waals surface area (Å²) in [4.78, 5) is 25.9. The van der Waals surface area contributed by atoms with Gasteiger partial charge in [-0.3, -0.25) is 9.59 Å². The van der Waals surface area contributed by atoms with E-state index in [2.05, 4.69) is 0 Å². The number of thioether (sulfide) groups is 1. The Bertz CT molecular complexity index is 432. The van der Waals surface area contributed by atoms with Crippen molar-refractivity contribution in [2.24, 2.45) is 0 Å². The molecule has 0 spiro atoms. The van der Waals surface area contributed by atoms with E-state index in [9.17, 15) is 9.59 Å². The van der Waals surface area contributed by atoms with Crippen molar-refractivity contribution >= 4 is 23.0 Å². The fourth-order valence-electron chi connectivity index (χ4n) is 1.76. The second kappa shape index (κ2) is 8.64. The average molecular weight is 295 g/mol. The second-order valence-corrected chi connectivity index (χ2v) is 5.16. The third kappa shape index (κ3) is 4.56. The summed E-state index contributed by atoms with van der Waals surface area (Å²) in [6, 6.07) is 9.25. The summed E-state index contributed by atoms with van der Waals surface area (Å²) in [7, 11) is 0. The minimum Gasteiger partial charge on any atom is -0.465 e. The lowest BCUT2D eigenvalue weighted by molar-refractivity contribution is -0.142. The van der Waals surface area contributed by atoms with Gasteiger partial charge in [-0.1, -0.05) is 30.3 Å². The molecule has 4 nitrogen and oxygen atoms in total. The van der Waals surface area contributed by atoms with Crippen molar-refractivity contribution < 1.29 is 14.3 Å². The number of carbonyl (C=O) groups excluding carboxylic acids is 2. The standard InChI is InChI=1S/C15H21NO3S/c1-4-16(5-2)15(18)20-13(14(17)19-6-3)12-10-8-7-9-11-12/h7-11,13H,4-6H2,1-3H3. The van der Waals surface area contributed by atoms with Crippen molar-refractivity contribution in [2.45, 2.75) is 26.0 Å². The lowest BCUT2D eigenvalue weighted by atomic mass is 10.1. The van der Waals surface area contributed by atoms with E-state index >= 15 is 0 Å². The molecule has 0 aliphatic rings. The van der Waals surface area contributed by atoms with Crippen molar-refractivity contribution in [1.29, 1.82) is 0 Å². The zero-order valence-corrected chi connectivity index (χ0v) is 13.0. The number of hydrogen-bond donors (Lipinski definition) is 0. The number of esters is 1. The van der Waals surface area contributed by atoms with Gasteiger partial charge in [0.25, 0.3) is 5.24 Å². The molecule has 1 aromatic rings. The molecule has 0 saturated heterocycles. The van der Waals surface area contributed by atoms with E-state index < -0.39 is 5.25 Å². The van der Waals surface area contributed by atoms with Crippen LogP contribution in [0.4, 0.5) is 4.79 Å². The molecule has 0 N–H and O–H groups in total. The molecule has 0 fully saturated rings. The van der Waals surface area contributed by atoms with Crippen molar-refractivity contribution in [3.8, 4) is 0 Å². The van der Waals surface area contributed by atoms with Crippen LogP contribution in [0.25, 0.3) is 0 Å². The van der Waals surface area contributed by atoms with Crippen molar-refractivity contribution in [3.05, 3.63) is 35.9 Å². The number of carbonyl (C=O) groups is 2. The fourth-order valence-corrected chi connectivity index (χ4v) is 2.82. The van der Waals surface area contributed by atoms with Crippen LogP contribution in [0.15, 0.2) is 30.3 Å². The summed E-state index contributed by atoms with van der Waals surface area (Å²) >= 11 is 1.02. The smallest absolute Gasteiger partial charge is 0.324 e. The molecular weight excluding hydrogens is 274 g/mol. The molecule has 0 heterocycles. The summed E-state index contributed by atoms with van der Waals surface area (Å²) < 4.78 is 5.08. The molecule has 0 aliphatic carbocycles. The second-order valence-electron chi connectivity index (χ2n) is 4.10. The average Bonchev–Trinajstić information content (AvgIpc) is 2.47. The van der Waals surface area contributed by atoms with E-state index in [1.807, 2.05) is 44.2 Å². The minimum atomic E-state index is -0.607. The minimum absolute atomic E-state index is 0.100. The summed E-state index contributed by atoms with van der Waals surface area (Å²) in [5, 5.41) is -0.707. The van der Waals surface area contributed by atoms with Gasteiger partial charge in [0.05, 0.1) is 6.61 Å². The Labute approximate surface area is 124 Å². The molecule has 0 radical (unpaired) electrons. The SMILES string of the molecule is CCOC(=O)C(SC(=O)N(CC)CC)c1ccccc1. The van der Waals surface area contributed by atoms with E-state index in [1.165, 1.54) is 0 Å². The summed E-state index contributed by atoms with van der Waals surface area (Å²) in [6.45, 7) is 7.17. The quantitative estimate of drug-likeness (QED) is 0.754. The predicted molar refractivity (Wildman–Crippen MR) is 81.7 cm³/mol. The van der Waals surface area contributed by atoms with Crippen molar-refractivity contribution in [2.75, 3.05) is 19.7 Å². The molecule has 0 bridgehead atoms. The van der Waals surface area contributed by atoms with Gasteiger partial charge in [-0.25, -0.2) is 0 Å². The van der Waals surface area contributed by atoms with E-state index in [1.54, 1.807) is 11.8 Å². The highest BCUT2D eigenvalue weighted by molar-refractivity contribution is 8.14. The highest BCUT2D eigenvalue weighted by atomic mass is 32.2. The van der Waals surface area contributed by atoms with Gasteiger partial charge in [-0.05, 0) is 38.1 Å². The zero-order chi connectivity index (χ0) is 15.0. The first-order chi connectivity index (χ1) is 9.63. The lowest BCUT2D eigenvalue weighted by Gasteiger charge is -2.21.